The molecule has 0 aromatic carbocycles. The van der Waals surface area contributed by atoms with Crippen LogP contribution in [0.2, 0.25) is 0 Å². The molecule has 1 amide bonds. The van der Waals surface area contributed by atoms with Gasteiger partial charge in [-0.05, 0) is 25.3 Å². The second-order valence-corrected chi connectivity index (χ2v) is 3.56. The summed E-state index contributed by atoms with van der Waals surface area (Å²) in [5.74, 6) is 2.92. The molecule has 3 heteroatoms. The van der Waals surface area contributed by atoms with Gasteiger partial charge in [0.2, 0.25) is 5.91 Å². The molecule has 0 bridgehead atoms. The maximum atomic E-state index is 11.2. The van der Waals surface area contributed by atoms with E-state index in [2.05, 4.69) is 11.2 Å². The highest BCUT2D eigenvalue weighted by atomic mass is 16.1. The van der Waals surface area contributed by atoms with Crippen LogP contribution in [0.3, 0.4) is 0 Å². The van der Waals surface area contributed by atoms with E-state index < -0.39 is 0 Å². The minimum absolute atomic E-state index is 0.0867. The van der Waals surface area contributed by atoms with Crippen molar-refractivity contribution >= 4 is 5.91 Å². The van der Waals surface area contributed by atoms with E-state index in [-0.39, 0.29) is 11.8 Å². The van der Waals surface area contributed by atoms with E-state index in [4.69, 9.17) is 12.2 Å². The number of hydrogen-bond donors (Lipinski definition) is 2. The van der Waals surface area contributed by atoms with Crippen LogP contribution < -0.4 is 11.1 Å². The van der Waals surface area contributed by atoms with Gasteiger partial charge in [-0.1, -0.05) is 6.92 Å². The summed E-state index contributed by atoms with van der Waals surface area (Å²) in [5, 5.41) is 2.84. The number of rotatable bonds is 7. The maximum Gasteiger partial charge on any atom is 0.220 e. The van der Waals surface area contributed by atoms with Crippen molar-refractivity contribution in [3.05, 3.63) is 0 Å². The van der Waals surface area contributed by atoms with Crippen LogP contribution in [0.25, 0.3) is 0 Å². The first-order valence-corrected chi connectivity index (χ1v) is 5.11. The lowest BCUT2D eigenvalue weighted by molar-refractivity contribution is -0.121. The third kappa shape index (κ3) is 7.63. The molecule has 3 nitrogen and oxygen atoms in total. The van der Waals surface area contributed by atoms with E-state index in [0.717, 1.165) is 25.8 Å². The van der Waals surface area contributed by atoms with Gasteiger partial charge >= 0.3 is 0 Å². The summed E-state index contributed by atoms with van der Waals surface area (Å²) in [6.07, 6.45) is 8.34. The number of carbonyl (C=O) groups excluding carboxylic acids is 1. The van der Waals surface area contributed by atoms with Crippen molar-refractivity contribution in [2.75, 3.05) is 13.1 Å². The number of carbonyl (C=O) groups is 1. The number of unbranched alkanes of at least 4 members (excludes halogenated alkanes) is 2. The Balaban J connectivity index is 3.32. The molecule has 80 valence electrons. The molecule has 0 rings (SSSR count). The van der Waals surface area contributed by atoms with Crippen molar-refractivity contribution in [1.82, 2.24) is 5.32 Å². The standard InChI is InChI=1S/C11H20N2O/c1-3-4-5-6-7-13-11(14)8-10(2)9-12/h1,10H,4-9,12H2,2H3,(H,13,14). The number of hydrogen-bond acceptors (Lipinski definition) is 2. The molecule has 1 unspecified atom stereocenters. The molecule has 0 spiro atoms. The zero-order valence-corrected chi connectivity index (χ0v) is 8.88. The molecular weight excluding hydrogens is 176 g/mol. The predicted octanol–water partition coefficient (Wildman–Crippen LogP) is 0.891. The molecule has 0 aliphatic carbocycles. The molecule has 14 heavy (non-hydrogen) atoms. The van der Waals surface area contributed by atoms with E-state index in [9.17, 15) is 4.79 Å². The summed E-state index contributed by atoms with van der Waals surface area (Å²) in [6.45, 7) is 3.25. The molecule has 0 radical (unpaired) electrons. The van der Waals surface area contributed by atoms with Crippen LogP contribution >= 0.6 is 0 Å². The molecule has 0 saturated heterocycles. The average Bonchev–Trinajstić information content (AvgIpc) is 2.17. The molecule has 0 aliphatic heterocycles. The highest BCUT2D eigenvalue weighted by Crippen LogP contribution is 1.98. The fourth-order valence-electron chi connectivity index (χ4n) is 1.05. The molecule has 0 saturated carbocycles. The molecule has 0 aromatic heterocycles. The van der Waals surface area contributed by atoms with Crippen molar-refractivity contribution in [1.29, 1.82) is 0 Å². The van der Waals surface area contributed by atoms with Gasteiger partial charge in [0.25, 0.3) is 0 Å². The Kier molecular flexibility index (Phi) is 7.96. The van der Waals surface area contributed by atoms with Gasteiger partial charge in [0.1, 0.15) is 0 Å². The Hall–Kier alpha value is -1.01. The Bertz CT molecular complexity index is 196. The fraction of sp³-hybridized carbons (Fsp3) is 0.727. The number of nitrogens with two attached hydrogens (primary N) is 1. The number of amides is 1. The summed E-state index contributed by atoms with van der Waals surface area (Å²) in [4.78, 5) is 11.2. The summed E-state index contributed by atoms with van der Waals surface area (Å²) >= 11 is 0. The molecule has 0 fully saturated rings. The lowest BCUT2D eigenvalue weighted by atomic mass is 10.1. The van der Waals surface area contributed by atoms with Crippen LogP contribution in [0.4, 0.5) is 0 Å². The number of terminal acetylenes is 1. The van der Waals surface area contributed by atoms with Crippen molar-refractivity contribution in [2.24, 2.45) is 11.7 Å². The molecule has 0 aliphatic rings. The second kappa shape index (κ2) is 8.58. The molecule has 1 atom stereocenters. The third-order valence-corrected chi connectivity index (χ3v) is 2.01. The Morgan fingerprint density at radius 1 is 1.57 bits per heavy atom. The largest absolute Gasteiger partial charge is 0.356 e. The van der Waals surface area contributed by atoms with Gasteiger partial charge in [-0.15, -0.1) is 12.3 Å². The zero-order valence-electron chi connectivity index (χ0n) is 8.88. The minimum Gasteiger partial charge on any atom is -0.356 e. The lowest BCUT2D eigenvalue weighted by Gasteiger charge is -2.08. The molecule has 3 N–H and O–H groups in total. The van der Waals surface area contributed by atoms with E-state index in [1.807, 2.05) is 6.92 Å². The van der Waals surface area contributed by atoms with Gasteiger partial charge < -0.3 is 11.1 Å². The van der Waals surface area contributed by atoms with Crippen LogP contribution in [0.15, 0.2) is 0 Å². The Labute approximate surface area is 86.4 Å². The first-order chi connectivity index (χ1) is 6.70. The van der Waals surface area contributed by atoms with Gasteiger partial charge in [0.05, 0.1) is 0 Å². The van der Waals surface area contributed by atoms with E-state index >= 15 is 0 Å². The highest BCUT2D eigenvalue weighted by Gasteiger charge is 2.05. The Morgan fingerprint density at radius 3 is 2.86 bits per heavy atom. The SMILES string of the molecule is C#CCCCCNC(=O)CC(C)CN. The number of nitrogens with one attached hydrogen (secondary N) is 1. The fourth-order valence-corrected chi connectivity index (χ4v) is 1.05. The minimum atomic E-state index is 0.0867. The second-order valence-electron chi connectivity index (χ2n) is 3.56. The monoisotopic (exact) mass is 196 g/mol. The predicted molar refractivity (Wildman–Crippen MR) is 58.5 cm³/mol. The van der Waals surface area contributed by atoms with E-state index in [1.165, 1.54) is 0 Å². The van der Waals surface area contributed by atoms with Crippen molar-refractivity contribution < 1.29 is 4.79 Å². The summed E-state index contributed by atoms with van der Waals surface area (Å²) in [5.41, 5.74) is 5.41. The summed E-state index contributed by atoms with van der Waals surface area (Å²) in [7, 11) is 0. The maximum absolute atomic E-state index is 11.2. The summed E-state index contributed by atoms with van der Waals surface area (Å²) < 4.78 is 0. The van der Waals surface area contributed by atoms with Gasteiger partial charge in [-0.2, -0.15) is 0 Å². The van der Waals surface area contributed by atoms with Gasteiger partial charge in [0, 0.05) is 19.4 Å². The van der Waals surface area contributed by atoms with Crippen LogP contribution in [0.1, 0.15) is 32.6 Å². The van der Waals surface area contributed by atoms with Crippen LogP contribution in [-0.2, 0) is 4.79 Å². The van der Waals surface area contributed by atoms with Gasteiger partial charge in [-0.3, -0.25) is 4.79 Å². The van der Waals surface area contributed by atoms with Crippen LogP contribution in [-0.4, -0.2) is 19.0 Å². The molecular formula is C11H20N2O. The van der Waals surface area contributed by atoms with Crippen molar-refractivity contribution in [2.45, 2.75) is 32.6 Å². The van der Waals surface area contributed by atoms with Crippen LogP contribution in [0.5, 0.6) is 0 Å². The van der Waals surface area contributed by atoms with Crippen molar-refractivity contribution in [3.8, 4) is 12.3 Å². The molecule has 0 heterocycles. The average molecular weight is 196 g/mol. The first kappa shape index (κ1) is 13.0. The van der Waals surface area contributed by atoms with Crippen LogP contribution in [0, 0.1) is 18.3 Å². The van der Waals surface area contributed by atoms with E-state index in [1.54, 1.807) is 0 Å². The Morgan fingerprint density at radius 2 is 2.29 bits per heavy atom. The quantitative estimate of drug-likeness (QED) is 0.469. The molecule has 0 aromatic rings. The lowest BCUT2D eigenvalue weighted by Crippen LogP contribution is -2.27. The third-order valence-electron chi connectivity index (χ3n) is 2.01. The van der Waals surface area contributed by atoms with Crippen molar-refractivity contribution in [3.63, 3.8) is 0 Å². The van der Waals surface area contributed by atoms with E-state index in [0.29, 0.717) is 13.0 Å². The van der Waals surface area contributed by atoms with Gasteiger partial charge in [-0.25, -0.2) is 0 Å². The summed E-state index contributed by atoms with van der Waals surface area (Å²) in [6, 6.07) is 0. The topological polar surface area (TPSA) is 55.1 Å². The van der Waals surface area contributed by atoms with Gasteiger partial charge in [0.15, 0.2) is 0 Å². The normalized spacial score (nSPS) is 11.8. The highest BCUT2D eigenvalue weighted by molar-refractivity contribution is 5.76. The zero-order chi connectivity index (χ0) is 10.8. The first-order valence-electron chi connectivity index (χ1n) is 5.11. The smallest absolute Gasteiger partial charge is 0.220 e.